The maximum Gasteiger partial charge on any atom is 0.126 e. The van der Waals surface area contributed by atoms with Crippen molar-refractivity contribution in [2.75, 3.05) is 0 Å². The molecule has 0 saturated heterocycles. The van der Waals surface area contributed by atoms with Gasteiger partial charge in [-0.05, 0) is 31.2 Å². The smallest absolute Gasteiger partial charge is 0.126 e. The van der Waals surface area contributed by atoms with Crippen LogP contribution in [0.3, 0.4) is 0 Å². The van der Waals surface area contributed by atoms with E-state index in [0.717, 1.165) is 21.4 Å². The van der Waals surface area contributed by atoms with Gasteiger partial charge in [-0.2, -0.15) is 0 Å². The fourth-order valence-corrected chi connectivity index (χ4v) is 2.65. The fraction of sp³-hybridized carbons (Fsp3) is 0.0909. The quantitative estimate of drug-likeness (QED) is 0.557. The highest BCUT2D eigenvalue weighted by molar-refractivity contribution is 7.25. The van der Waals surface area contributed by atoms with Crippen LogP contribution in [0.4, 0.5) is 0 Å². The largest absolute Gasteiger partial charge is 0.255 e. The van der Waals surface area contributed by atoms with Crippen molar-refractivity contribution < 1.29 is 0 Å². The minimum atomic E-state index is 1.06. The Morgan fingerprint density at radius 2 is 2.14 bits per heavy atom. The summed E-state index contributed by atoms with van der Waals surface area (Å²) < 4.78 is 1.21. The Kier molecular flexibility index (Phi) is 1.55. The zero-order valence-electron chi connectivity index (χ0n) is 7.69. The van der Waals surface area contributed by atoms with E-state index in [-0.39, 0.29) is 0 Å². The molecule has 3 heterocycles. The van der Waals surface area contributed by atoms with Gasteiger partial charge in [0.15, 0.2) is 0 Å². The Balaban J connectivity index is 2.57. The molecule has 2 nitrogen and oxygen atoms in total. The van der Waals surface area contributed by atoms with Gasteiger partial charge in [0.1, 0.15) is 4.83 Å². The lowest BCUT2D eigenvalue weighted by Crippen LogP contribution is -1.78. The summed E-state index contributed by atoms with van der Waals surface area (Å²) in [6, 6.07) is 8.18. The summed E-state index contributed by atoms with van der Waals surface area (Å²) in [5.74, 6) is 0. The van der Waals surface area contributed by atoms with Crippen LogP contribution in [0.15, 0.2) is 30.5 Å². The van der Waals surface area contributed by atoms with Crippen molar-refractivity contribution in [3.8, 4) is 0 Å². The first-order valence-corrected chi connectivity index (χ1v) is 5.27. The van der Waals surface area contributed by atoms with Gasteiger partial charge in [0.25, 0.3) is 0 Å². The zero-order valence-corrected chi connectivity index (χ0v) is 8.51. The van der Waals surface area contributed by atoms with Gasteiger partial charge in [0.2, 0.25) is 0 Å². The van der Waals surface area contributed by atoms with Gasteiger partial charge in [-0.25, -0.2) is 4.98 Å². The maximum absolute atomic E-state index is 4.49. The summed E-state index contributed by atoms with van der Waals surface area (Å²) in [6.07, 6.45) is 1.83. The minimum Gasteiger partial charge on any atom is -0.255 e. The molecule has 0 bridgehead atoms. The van der Waals surface area contributed by atoms with E-state index in [9.17, 15) is 0 Å². The summed E-state index contributed by atoms with van der Waals surface area (Å²) in [5.41, 5.74) is 2.13. The molecule has 3 aromatic rings. The monoisotopic (exact) mass is 200 g/mol. The van der Waals surface area contributed by atoms with E-state index in [1.165, 1.54) is 4.70 Å². The number of fused-ring (bicyclic) bond motifs is 3. The summed E-state index contributed by atoms with van der Waals surface area (Å²) in [7, 11) is 0. The molecule has 0 atom stereocenters. The van der Waals surface area contributed by atoms with Crippen LogP contribution in [-0.2, 0) is 0 Å². The molecule has 14 heavy (non-hydrogen) atoms. The number of hydrogen-bond acceptors (Lipinski definition) is 3. The molecule has 3 rings (SSSR count). The fourth-order valence-electron chi connectivity index (χ4n) is 1.57. The third-order valence-electron chi connectivity index (χ3n) is 2.23. The molecular weight excluding hydrogens is 192 g/mol. The number of pyridine rings is 2. The predicted molar refractivity (Wildman–Crippen MR) is 59.7 cm³/mol. The van der Waals surface area contributed by atoms with Gasteiger partial charge >= 0.3 is 0 Å². The predicted octanol–water partition coefficient (Wildman–Crippen LogP) is 3.15. The molecule has 0 N–H and O–H groups in total. The van der Waals surface area contributed by atoms with Gasteiger partial charge in [0.05, 0.1) is 10.2 Å². The summed E-state index contributed by atoms with van der Waals surface area (Å²) >= 11 is 1.70. The Morgan fingerprint density at radius 3 is 3.07 bits per heavy atom. The Hall–Kier alpha value is -1.48. The summed E-state index contributed by atoms with van der Waals surface area (Å²) in [4.78, 5) is 9.94. The van der Waals surface area contributed by atoms with Crippen molar-refractivity contribution in [2.45, 2.75) is 6.92 Å². The van der Waals surface area contributed by atoms with E-state index >= 15 is 0 Å². The van der Waals surface area contributed by atoms with Gasteiger partial charge in [0, 0.05) is 17.3 Å². The number of aromatic nitrogens is 2. The zero-order chi connectivity index (χ0) is 9.54. The first kappa shape index (κ1) is 7.88. The molecule has 0 amide bonds. The van der Waals surface area contributed by atoms with Gasteiger partial charge < -0.3 is 0 Å². The van der Waals surface area contributed by atoms with Crippen LogP contribution in [0.1, 0.15) is 5.69 Å². The molecule has 0 radical (unpaired) electrons. The molecular formula is C11H8N2S. The maximum atomic E-state index is 4.49. The molecule has 3 heteroatoms. The van der Waals surface area contributed by atoms with E-state index in [2.05, 4.69) is 22.1 Å². The Labute approximate surface area is 85.2 Å². The third kappa shape index (κ3) is 1.02. The van der Waals surface area contributed by atoms with Crippen molar-refractivity contribution in [2.24, 2.45) is 0 Å². The number of hydrogen-bond donors (Lipinski definition) is 0. The number of aryl methyl sites for hydroxylation is 1. The van der Waals surface area contributed by atoms with E-state index in [1.54, 1.807) is 11.3 Å². The van der Waals surface area contributed by atoms with Crippen LogP contribution in [-0.4, -0.2) is 9.97 Å². The Morgan fingerprint density at radius 1 is 1.21 bits per heavy atom. The minimum absolute atomic E-state index is 1.06. The number of rotatable bonds is 0. The first-order valence-electron chi connectivity index (χ1n) is 4.45. The first-order chi connectivity index (χ1) is 6.84. The molecule has 0 aliphatic carbocycles. The summed E-state index contributed by atoms with van der Waals surface area (Å²) in [5, 5.41) is 1.16. The molecule has 0 aromatic carbocycles. The normalized spacial score (nSPS) is 11.2. The van der Waals surface area contributed by atoms with E-state index < -0.39 is 0 Å². The molecule has 0 spiro atoms. The highest BCUT2D eigenvalue weighted by Gasteiger charge is 2.05. The van der Waals surface area contributed by atoms with Gasteiger partial charge in [-0.3, -0.25) is 4.98 Å². The lowest BCUT2D eigenvalue weighted by Gasteiger charge is -1.91. The van der Waals surface area contributed by atoms with Crippen LogP contribution >= 0.6 is 11.3 Å². The average Bonchev–Trinajstić information content (AvgIpc) is 2.54. The lowest BCUT2D eigenvalue weighted by atomic mass is 10.2. The molecule has 0 aliphatic rings. The van der Waals surface area contributed by atoms with Crippen LogP contribution in [0.25, 0.3) is 20.4 Å². The van der Waals surface area contributed by atoms with Gasteiger partial charge in [-0.1, -0.05) is 0 Å². The highest BCUT2D eigenvalue weighted by Crippen LogP contribution is 2.30. The SMILES string of the molecule is Cc1ccc2c(n1)sc1cccnc12. The number of nitrogens with zero attached hydrogens (tertiary/aromatic N) is 2. The van der Waals surface area contributed by atoms with Crippen molar-refractivity contribution in [1.29, 1.82) is 0 Å². The second kappa shape index (κ2) is 2.75. The second-order valence-electron chi connectivity index (χ2n) is 3.26. The van der Waals surface area contributed by atoms with Crippen molar-refractivity contribution in [1.82, 2.24) is 9.97 Å². The Bertz CT molecular complexity index is 613. The topological polar surface area (TPSA) is 25.8 Å². The molecule has 68 valence electrons. The average molecular weight is 200 g/mol. The van der Waals surface area contributed by atoms with Crippen LogP contribution in [0.5, 0.6) is 0 Å². The van der Waals surface area contributed by atoms with Crippen molar-refractivity contribution in [3.05, 3.63) is 36.2 Å². The molecule has 3 aromatic heterocycles. The van der Waals surface area contributed by atoms with E-state index in [4.69, 9.17) is 0 Å². The second-order valence-corrected chi connectivity index (χ2v) is 4.29. The highest BCUT2D eigenvalue weighted by atomic mass is 32.1. The van der Waals surface area contributed by atoms with Crippen LogP contribution < -0.4 is 0 Å². The third-order valence-corrected chi connectivity index (χ3v) is 3.29. The summed E-state index contributed by atoms with van der Waals surface area (Å²) in [6.45, 7) is 2.01. The standard InChI is InChI=1S/C11H8N2S/c1-7-4-5-8-10-9(3-2-6-12-10)14-11(8)13-7/h2-6H,1H3. The van der Waals surface area contributed by atoms with Crippen molar-refractivity contribution in [3.63, 3.8) is 0 Å². The molecule has 0 saturated carbocycles. The number of thiophene rings is 1. The molecule has 0 fully saturated rings. The van der Waals surface area contributed by atoms with Crippen LogP contribution in [0.2, 0.25) is 0 Å². The van der Waals surface area contributed by atoms with E-state index in [0.29, 0.717) is 0 Å². The van der Waals surface area contributed by atoms with Gasteiger partial charge in [-0.15, -0.1) is 11.3 Å². The van der Waals surface area contributed by atoms with Crippen LogP contribution in [0, 0.1) is 6.92 Å². The van der Waals surface area contributed by atoms with E-state index in [1.807, 2.05) is 25.3 Å². The van der Waals surface area contributed by atoms with Crippen molar-refractivity contribution >= 4 is 31.8 Å². The lowest BCUT2D eigenvalue weighted by molar-refractivity contribution is 1.27. The molecule has 0 unspecified atom stereocenters. The molecule has 0 aliphatic heterocycles.